The van der Waals surface area contributed by atoms with E-state index in [9.17, 15) is 19.2 Å². The maximum atomic E-state index is 12.6. The molecule has 2 aromatic rings. The lowest BCUT2D eigenvalue weighted by Gasteiger charge is -2.17. The number of anilines is 1. The standard InChI is InChI=1S/C24H23N3O4S/c1-16-7-9-19(10-8-16)27-15-18(14-21(27)28)22(29)25-11-12-26-23(30)20(32-24(26)31)13-17-5-3-2-4-6-17/h2-10,13,18H,11-12,14-15H2,1H3,(H,25,29)/b20-13-. The highest BCUT2D eigenvalue weighted by Gasteiger charge is 2.36. The SMILES string of the molecule is Cc1ccc(N2CC(C(=O)NCCN3C(=O)S/C(=C\c4ccccc4)C3=O)CC2=O)cc1. The average Bonchev–Trinajstić information content (AvgIpc) is 3.29. The molecule has 0 spiro atoms. The van der Waals surface area contributed by atoms with Crippen molar-refractivity contribution in [3.8, 4) is 0 Å². The van der Waals surface area contributed by atoms with Crippen LogP contribution >= 0.6 is 11.8 Å². The predicted molar refractivity (Wildman–Crippen MR) is 124 cm³/mol. The Morgan fingerprint density at radius 3 is 2.53 bits per heavy atom. The maximum absolute atomic E-state index is 12.6. The number of aryl methyl sites for hydroxylation is 1. The van der Waals surface area contributed by atoms with Crippen molar-refractivity contribution in [3.63, 3.8) is 0 Å². The lowest BCUT2D eigenvalue weighted by Crippen LogP contribution is -2.40. The van der Waals surface area contributed by atoms with Crippen LogP contribution in [0.3, 0.4) is 0 Å². The second-order valence-electron chi connectivity index (χ2n) is 7.78. The molecule has 4 rings (SSSR count). The molecule has 0 aromatic heterocycles. The van der Waals surface area contributed by atoms with Crippen LogP contribution in [0.15, 0.2) is 59.5 Å². The molecule has 2 aliphatic heterocycles. The van der Waals surface area contributed by atoms with Crippen molar-refractivity contribution < 1.29 is 19.2 Å². The van der Waals surface area contributed by atoms with E-state index in [0.29, 0.717) is 11.4 Å². The highest BCUT2D eigenvalue weighted by Crippen LogP contribution is 2.32. The molecule has 2 aromatic carbocycles. The number of thioether (sulfide) groups is 1. The van der Waals surface area contributed by atoms with E-state index in [1.54, 1.807) is 11.0 Å². The van der Waals surface area contributed by atoms with Crippen LogP contribution in [0.5, 0.6) is 0 Å². The van der Waals surface area contributed by atoms with Gasteiger partial charge in [0.25, 0.3) is 11.1 Å². The second-order valence-corrected chi connectivity index (χ2v) is 8.77. The van der Waals surface area contributed by atoms with Gasteiger partial charge in [0.05, 0.1) is 10.8 Å². The topological polar surface area (TPSA) is 86.8 Å². The molecule has 4 amide bonds. The molecule has 1 atom stereocenters. The highest BCUT2D eigenvalue weighted by molar-refractivity contribution is 8.18. The van der Waals surface area contributed by atoms with Crippen LogP contribution in [0.4, 0.5) is 10.5 Å². The quantitative estimate of drug-likeness (QED) is 0.685. The predicted octanol–water partition coefficient (Wildman–Crippen LogP) is 3.20. The number of rotatable bonds is 6. The van der Waals surface area contributed by atoms with Gasteiger partial charge in [0, 0.05) is 31.7 Å². The molecule has 2 saturated heterocycles. The zero-order chi connectivity index (χ0) is 22.7. The van der Waals surface area contributed by atoms with E-state index in [-0.39, 0.29) is 42.5 Å². The lowest BCUT2D eigenvalue weighted by molar-refractivity contribution is -0.127. The summed E-state index contributed by atoms with van der Waals surface area (Å²) < 4.78 is 0. The molecule has 164 valence electrons. The summed E-state index contributed by atoms with van der Waals surface area (Å²) >= 11 is 0.894. The first-order chi connectivity index (χ1) is 15.4. The van der Waals surface area contributed by atoms with Crippen molar-refractivity contribution in [2.75, 3.05) is 24.5 Å². The average molecular weight is 450 g/mol. The van der Waals surface area contributed by atoms with Gasteiger partial charge in [0.1, 0.15) is 0 Å². The second kappa shape index (κ2) is 9.40. The first kappa shape index (κ1) is 21.8. The Kier molecular flexibility index (Phi) is 6.41. The molecule has 1 N–H and O–H groups in total. The van der Waals surface area contributed by atoms with Gasteiger partial charge in [-0.05, 0) is 42.5 Å². The fourth-order valence-electron chi connectivity index (χ4n) is 3.69. The monoisotopic (exact) mass is 449 g/mol. The van der Waals surface area contributed by atoms with Crippen LogP contribution in [0.25, 0.3) is 6.08 Å². The van der Waals surface area contributed by atoms with Crippen LogP contribution in [0.1, 0.15) is 17.5 Å². The number of nitrogens with zero attached hydrogens (tertiary/aromatic N) is 2. The minimum Gasteiger partial charge on any atom is -0.354 e. The lowest BCUT2D eigenvalue weighted by atomic mass is 10.1. The van der Waals surface area contributed by atoms with Crippen LogP contribution in [0.2, 0.25) is 0 Å². The van der Waals surface area contributed by atoms with Crippen LogP contribution < -0.4 is 10.2 Å². The number of hydrogen-bond donors (Lipinski definition) is 1. The first-order valence-electron chi connectivity index (χ1n) is 10.4. The fraction of sp³-hybridized carbons (Fsp3) is 0.250. The van der Waals surface area contributed by atoms with Gasteiger partial charge in [0.2, 0.25) is 11.8 Å². The number of hydrogen-bond acceptors (Lipinski definition) is 5. The summed E-state index contributed by atoms with van der Waals surface area (Å²) in [5, 5.41) is 2.41. The Hall–Kier alpha value is -3.39. The van der Waals surface area contributed by atoms with E-state index in [0.717, 1.165) is 33.5 Å². The molecule has 0 radical (unpaired) electrons. The molecule has 1 unspecified atom stereocenters. The molecule has 8 heteroatoms. The summed E-state index contributed by atoms with van der Waals surface area (Å²) in [6.07, 6.45) is 1.83. The van der Waals surface area contributed by atoms with Gasteiger partial charge in [0.15, 0.2) is 0 Å². The Bertz CT molecular complexity index is 1080. The number of benzene rings is 2. The fourth-order valence-corrected chi connectivity index (χ4v) is 4.55. The summed E-state index contributed by atoms with van der Waals surface area (Å²) in [7, 11) is 0. The maximum Gasteiger partial charge on any atom is 0.293 e. The third-order valence-electron chi connectivity index (χ3n) is 5.45. The minimum absolute atomic E-state index is 0.0882. The third kappa shape index (κ3) is 4.75. The molecule has 2 fully saturated rings. The minimum atomic E-state index is -0.461. The molecule has 2 heterocycles. The number of carbonyl (C=O) groups is 4. The Labute approximate surface area is 190 Å². The Morgan fingerprint density at radius 1 is 1.09 bits per heavy atom. The van der Waals surface area contributed by atoms with Crippen molar-refractivity contribution in [1.82, 2.24) is 10.2 Å². The molecular weight excluding hydrogens is 426 g/mol. The molecular formula is C24H23N3O4S. The van der Waals surface area contributed by atoms with Crippen molar-refractivity contribution in [3.05, 3.63) is 70.6 Å². The van der Waals surface area contributed by atoms with E-state index in [4.69, 9.17) is 0 Å². The van der Waals surface area contributed by atoms with Crippen LogP contribution in [-0.2, 0) is 14.4 Å². The number of imide groups is 1. The Morgan fingerprint density at radius 2 is 1.81 bits per heavy atom. The normalized spacial score (nSPS) is 19.8. The summed E-state index contributed by atoms with van der Waals surface area (Å²) in [4.78, 5) is 52.9. The van der Waals surface area contributed by atoms with Crippen LogP contribution in [0, 0.1) is 12.8 Å². The third-order valence-corrected chi connectivity index (χ3v) is 6.35. The van der Waals surface area contributed by atoms with Crippen molar-refractivity contribution in [1.29, 1.82) is 0 Å². The van der Waals surface area contributed by atoms with E-state index in [2.05, 4.69) is 5.32 Å². The highest BCUT2D eigenvalue weighted by atomic mass is 32.2. The van der Waals surface area contributed by atoms with Gasteiger partial charge in [-0.1, -0.05) is 48.0 Å². The number of carbonyl (C=O) groups excluding carboxylic acids is 4. The van der Waals surface area contributed by atoms with Crippen molar-refractivity contribution >= 4 is 46.5 Å². The Balaban J connectivity index is 1.30. The van der Waals surface area contributed by atoms with E-state index < -0.39 is 5.92 Å². The number of amides is 4. The summed E-state index contributed by atoms with van der Waals surface area (Å²) in [5.41, 5.74) is 2.72. The van der Waals surface area contributed by atoms with Gasteiger partial charge in [-0.2, -0.15) is 0 Å². The smallest absolute Gasteiger partial charge is 0.293 e. The van der Waals surface area contributed by atoms with E-state index >= 15 is 0 Å². The summed E-state index contributed by atoms with van der Waals surface area (Å²) in [5.74, 6) is -1.16. The van der Waals surface area contributed by atoms with E-state index in [1.165, 1.54) is 0 Å². The van der Waals surface area contributed by atoms with Crippen molar-refractivity contribution in [2.45, 2.75) is 13.3 Å². The van der Waals surface area contributed by atoms with Gasteiger partial charge in [-0.15, -0.1) is 0 Å². The number of nitrogens with one attached hydrogen (secondary N) is 1. The van der Waals surface area contributed by atoms with Gasteiger partial charge in [-0.25, -0.2) is 0 Å². The molecule has 7 nitrogen and oxygen atoms in total. The van der Waals surface area contributed by atoms with Crippen molar-refractivity contribution in [2.24, 2.45) is 5.92 Å². The van der Waals surface area contributed by atoms with Gasteiger partial charge in [-0.3, -0.25) is 24.1 Å². The summed E-state index contributed by atoms with van der Waals surface area (Å²) in [6, 6.07) is 16.9. The molecule has 0 bridgehead atoms. The molecule has 2 aliphatic rings. The van der Waals surface area contributed by atoms with Gasteiger partial charge < -0.3 is 10.2 Å². The molecule has 32 heavy (non-hydrogen) atoms. The first-order valence-corrected chi connectivity index (χ1v) is 11.2. The van der Waals surface area contributed by atoms with Crippen LogP contribution in [-0.4, -0.2) is 47.5 Å². The van der Waals surface area contributed by atoms with E-state index in [1.807, 2.05) is 61.5 Å². The molecule has 0 saturated carbocycles. The zero-order valence-electron chi connectivity index (χ0n) is 17.6. The summed E-state index contributed by atoms with van der Waals surface area (Å²) in [6.45, 7) is 2.52. The van der Waals surface area contributed by atoms with Gasteiger partial charge >= 0.3 is 0 Å². The molecule has 0 aliphatic carbocycles. The zero-order valence-corrected chi connectivity index (χ0v) is 18.4. The largest absolute Gasteiger partial charge is 0.354 e.